The van der Waals surface area contributed by atoms with E-state index in [1.165, 1.54) is 6.42 Å². The average molecular weight is 422 g/mol. The van der Waals surface area contributed by atoms with Crippen LogP contribution in [0.2, 0.25) is 0 Å². The maximum atomic E-state index is 2.29. The van der Waals surface area contributed by atoms with E-state index in [1.54, 1.807) is 0 Å². The minimum Gasteiger partial charge on any atom is -1.00 e. The van der Waals surface area contributed by atoms with Crippen LogP contribution < -0.4 is 24.8 Å². The molecular weight excluding hydrogens is 406 g/mol. The first-order valence-corrected chi connectivity index (χ1v) is 4.86. The molecule has 2 aliphatic rings. The summed E-state index contributed by atoms with van der Waals surface area (Å²) in [5, 5.41) is 0. The quantitative estimate of drug-likeness (QED) is 0.438. The monoisotopic (exact) mass is 422 g/mol. The van der Waals surface area contributed by atoms with E-state index in [0.717, 1.165) is 0 Å². The van der Waals surface area contributed by atoms with Crippen LogP contribution in [0.15, 0.2) is 48.6 Å². The summed E-state index contributed by atoms with van der Waals surface area (Å²) in [5.41, 5.74) is 0.515. The molecule has 0 amide bonds. The van der Waals surface area contributed by atoms with E-state index in [-0.39, 0.29) is 61.5 Å². The van der Waals surface area contributed by atoms with Gasteiger partial charge in [0.25, 0.3) is 0 Å². The molecule has 0 saturated carbocycles. The number of allylic oxidation sites excluding steroid dienone is 8. The second-order valence-electron chi connectivity index (χ2n) is 4.62. The summed E-state index contributed by atoms with van der Waals surface area (Å²) in [5.74, 6) is 0. The van der Waals surface area contributed by atoms with Crippen LogP contribution in [-0.2, 0) is 25.8 Å². The zero-order valence-electron chi connectivity index (χ0n) is 9.58. The van der Waals surface area contributed by atoms with Crippen molar-refractivity contribution in [2.45, 2.75) is 20.3 Å². The molecule has 0 spiro atoms. The van der Waals surface area contributed by atoms with Crippen molar-refractivity contribution in [1.82, 2.24) is 0 Å². The zero-order valence-corrected chi connectivity index (χ0v) is 14.7. The van der Waals surface area contributed by atoms with E-state index >= 15 is 0 Å². The van der Waals surface area contributed by atoms with Gasteiger partial charge in [0.1, 0.15) is 0 Å². The van der Waals surface area contributed by atoms with Crippen LogP contribution in [0.25, 0.3) is 0 Å². The summed E-state index contributed by atoms with van der Waals surface area (Å²) in [6, 6.07) is 0. The van der Waals surface area contributed by atoms with Crippen LogP contribution in [0.5, 0.6) is 0 Å². The summed E-state index contributed by atoms with van der Waals surface area (Å²) >= 11 is 0. The topological polar surface area (TPSA) is 0 Å². The van der Waals surface area contributed by atoms with Gasteiger partial charge in [-0.15, -0.1) is 0 Å². The van der Waals surface area contributed by atoms with Gasteiger partial charge in [-0.1, -0.05) is 62.5 Å². The molecule has 0 bridgehead atoms. The van der Waals surface area contributed by atoms with Gasteiger partial charge in [0.05, 0.1) is 0 Å². The summed E-state index contributed by atoms with van der Waals surface area (Å²) in [7, 11) is 0. The fourth-order valence-electron chi connectivity index (χ4n) is 2.27. The Balaban J connectivity index is 0. The van der Waals surface area contributed by atoms with E-state index in [1.807, 2.05) is 0 Å². The van der Waals surface area contributed by atoms with Gasteiger partial charge >= 0.3 is 0 Å². The molecule has 0 saturated heterocycles. The Morgan fingerprint density at radius 3 is 1.19 bits per heavy atom. The third-order valence-electron chi connectivity index (χ3n) is 2.89. The minimum atomic E-state index is 0. The van der Waals surface area contributed by atoms with Gasteiger partial charge in [0, 0.05) is 36.7 Å². The van der Waals surface area contributed by atoms with Gasteiger partial charge in [-0.3, -0.25) is 0 Å². The molecule has 88 valence electrons. The summed E-state index contributed by atoms with van der Waals surface area (Å²) < 4.78 is 0. The second-order valence-corrected chi connectivity index (χ2v) is 4.62. The third-order valence-corrected chi connectivity index (χ3v) is 2.89. The standard InChI is InChI=1S/C13H16.2ClH.Hf/c1-12(7-3-4-8-12)11-13(2)9-5-6-10-13;;;/h3-10H,11H2,1-2H3;2*1H;/p-2. The predicted octanol–water partition coefficient (Wildman–Crippen LogP) is -2.35. The SMILES string of the molecule is CC1(CC2(C)C=CC=C2)C=CC=C1.[Cl-].[Cl-].[Hf]. The summed E-state index contributed by atoms with van der Waals surface area (Å²) in [6.07, 6.45) is 18.9. The summed E-state index contributed by atoms with van der Waals surface area (Å²) in [6.45, 7) is 4.58. The first-order chi connectivity index (χ1) is 6.12. The van der Waals surface area contributed by atoms with Crippen molar-refractivity contribution >= 4 is 0 Å². The van der Waals surface area contributed by atoms with Crippen LogP contribution in [-0.4, -0.2) is 0 Å². The molecule has 0 fully saturated rings. The Morgan fingerprint density at radius 2 is 0.938 bits per heavy atom. The zero-order chi connectivity index (χ0) is 9.36. The van der Waals surface area contributed by atoms with E-state index in [0.29, 0.717) is 0 Å². The fraction of sp³-hybridized carbons (Fsp3) is 0.385. The van der Waals surface area contributed by atoms with Crippen LogP contribution in [0.3, 0.4) is 0 Å². The Kier molecular flexibility index (Phi) is 8.19. The molecule has 0 aromatic carbocycles. The predicted molar refractivity (Wildman–Crippen MR) is 57.4 cm³/mol. The molecular formula is C13H16Cl2Hf-2. The van der Waals surface area contributed by atoms with E-state index in [9.17, 15) is 0 Å². The minimum absolute atomic E-state index is 0. The third kappa shape index (κ3) is 4.35. The van der Waals surface area contributed by atoms with Crippen molar-refractivity contribution < 1.29 is 50.7 Å². The molecule has 16 heavy (non-hydrogen) atoms. The maximum Gasteiger partial charge on any atom is 0.00500 e. The maximum absolute atomic E-state index is 2.29. The van der Waals surface area contributed by atoms with Crippen molar-refractivity contribution in [3.63, 3.8) is 0 Å². The van der Waals surface area contributed by atoms with Crippen LogP contribution >= 0.6 is 0 Å². The molecule has 0 nitrogen and oxygen atoms in total. The van der Waals surface area contributed by atoms with Gasteiger partial charge in [-0.05, 0) is 6.42 Å². The smallest absolute Gasteiger partial charge is 0.00500 e. The van der Waals surface area contributed by atoms with Gasteiger partial charge in [0.2, 0.25) is 0 Å². The molecule has 3 heteroatoms. The molecule has 0 aliphatic heterocycles. The Bertz CT molecular complexity index is 271. The number of hydrogen-bond acceptors (Lipinski definition) is 0. The molecule has 2 aliphatic carbocycles. The molecule has 0 aromatic heterocycles. The Morgan fingerprint density at radius 1 is 0.688 bits per heavy atom. The van der Waals surface area contributed by atoms with E-state index in [4.69, 9.17) is 0 Å². The number of hydrogen-bond donors (Lipinski definition) is 0. The van der Waals surface area contributed by atoms with Gasteiger partial charge in [-0.2, -0.15) is 0 Å². The first kappa shape index (κ1) is 18.8. The number of halogens is 2. The van der Waals surface area contributed by atoms with Crippen LogP contribution in [0, 0.1) is 10.8 Å². The van der Waals surface area contributed by atoms with Crippen LogP contribution in [0.4, 0.5) is 0 Å². The van der Waals surface area contributed by atoms with E-state index in [2.05, 4.69) is 62.5 Å². The van der Waals surface area contributed by atoms with E-state index < -0.39 is 0 Å². The molecule has 0 N–H and O–H groups in total. The normalized spacial score (nSPS) is 21.1. The van der Waals surface area contributed by atoms with Gasteiger partial charge in [-0.25, -0.2) is 0 Å². The molecule has 0 radical (unpaired) electrons. The Labute approximate surface area is 130 Å². The van der Waals surface area contributed by atoms with Crippen molar-refractivity contribution in [2.75, 3.05) is 0 Å². The molecule has 2 rings (SSSR count). The van der Waals surface area contributed by atoms with Crippen LogP contribution in [0.1, 0.15) is 20.3 Å². The van der Waals surface area contributed by atoms with Gasteiger partial charge < -0.3 is 24.8 Å². The van der Waals surface area contributed by atoms with Crippen molar-refractivity contribution in [1.29, 1.82) is 0 Å². The molecule has 0 unspecified atom stereocenters. The average Bonchev–Trinajstić information content (AvgIpc) is 2.60. The van der Waals surface area contributed by atoms with Crippen molar-refractivity contribution in [3.8, 4) is 0 Å². The molecule has 0 aromatic rings. The fourth-order valence-corrected chi connectivity index (χ4v) is 2.27. The first-order valence-electron chi connectivity index (χ1n) is 4.86. The number of rotatable bonds is 2. The van der Waals surface area contributed by atoms with Crippen molar-refractivity contribution in [3.05, 3.63) is 48.6 Å². The largest absolute Gasteiger partial charge is 1.00 e. The summed E-state index contributed by atoms with van der Waals surface area (Å²) in [4.78, 5) is 0. The Hall–Kier alpha value is 0.410. The van der Waals surface area contributed by atoms with Gasteiger partial charge in [0.15, 0.2) is 0 Å². The molecule has 0 heterocycles. The second kappa shape index (κ2) is 6.98. The molecule has 0 atom stereocenters. The van der Waals surface area contributed by atoms with Crippen molar-refractivity contribution in [2.24, 2.45) is 10.8 Å².